The van der Waals surface area contributed by atoms with Gasteiger partial charge in [0.05, 0.1) is 6.04 Å². The van der Waals surface area contributed by atoms with Crippen molar-refractivity contribution in [1.82, 2.24) is 5.32 Å². The van der Waals surface area contributed by atoms with Crippen molar-refractivity contribution in [3.8, 4) is 0 Å². The molecule has 0 aliphatic carbocycles. The molecule has 5 heteroatoms. The maximum absolute atomic E-state index is 13.2. The minimum atomic E-state index is -2.66. The molecule has 0 fully saturated rings. The first-order chi connectivity index (χ1) is 9.70. The van der Waals surface area contributed by atoms with Gasteiger partial charge in [-0.05, 0) is 23.8 Å². The quantitative estimate of drug-likeness (QED) is 0.803. The molecular weight excluding hydrogens is 276 g/mol. The van der Waals surface area contributed by atoms with Gasteiger partial charge >= 0.3 is 5.97 Å². The zero-order valence-electron chi connectivity index (χ0n) is 12.6. The SMILES string of the molecule is CC(C)(C)CC[C@H](N[C@H](c1ccccc1)C(F)F)C(=O)O. The molecule has 0 heterocycles. The summed E-state index contributed by atoms with van der Waals surface area (Å²) >= 11 is 0. The molecule has 0 saturated carbocycles. The van der Waals surface area contributed by atoms with Crippen LogP contribution in [0, 0.1) is 5.41 Å². The predicted molar refractivity (Wildman–Crippen MR) is 78.4 cm³/mol. The molecule has 21 heavy (non-hydrogen) atoms. The van der Waals surface area contributed by atoms with E-state index in [1.807, 2.05) is 20.8 Å². The number of benzene rings is 1. The molecule has 1 aromatic rings. The van der Waals surface area contributed by atoms with Crippen LogP contribution in [0.3, 0.4) is 0 Å². The average molecular weight is 299 g/mol. The lowest BCUT2D eigenvalue weighted by Gasteiger charge is -2.26. The van der Waals surface area contributed by atoms with Crippen LogP contribution in [-0.4, -0.2) is 23.5 Å². The first-order valence-corrected chi connectivity index (χ1v) is 7.02. The lowest BCUT2D eigenvalue weighted by atomic mass is 9.88. The highest BCUT2D eigenvalue weighted by Gasteiger charge is 2.29. The molecule has 0 aliphatic heterocycles. The first kappa shape index (κ1) is 17.6. The topological polar surface area (TPSA) is 49.3 Å². The average Bonchev–Trinajstić information content (AvgIpc) is 2.37. The third-order valence-electron chi connectivity index (χ3n) is 3.27. The molecule has 0 radical (unpaired) electrons. The Balaban J connectivity index is 2.81. The Morgan fingerprint density at radius 2 is 1.81 bits per heavy atom. The smallest absolute Gasteiger partial charge is 0.320 e. The minimum absolute atomic E-state index is 0.0392. The zero-order chi connectivity index (χ0) is 16.0. The largest absolute Gasteiger partial charge is 0.480 e. The lowest BCUT2D eigenvalue weighted by molar-refractivity contribution is -0.140. The molecule has 1 aromatic carbocycles. The highest BCUT2D eigenvalue weighted by atomic mass is 19.3. The van der Waals surface area contributed by atoms with Gasteiger partial charge in [-0.1, -0.05) is 51.1 Å². The van der Waals surface area contributed by atoms with Crippen LogP contribution in [0.5, 0.6) is 0 Å². The van der Waals surface area contributed by atoms with Gasteiger partial charge < -0.3 is 5.11 Å². The molecule has 2 N–H and O–H groups in total. The van der Waals surface area contributed by atoms with E-state index in [2.05, 4.69) is 5.32 Å². The molecule has 118 valence electrons. The Morgan fingerprint density at radius 1 is 1.24 bits per heavy atom. The summed E-state index contributed by atoms with van der Waals surface area (Å²) in [4.78, 5) is 11.3. The summed E-state index contributed by atoms with van der Waals surface area (Å²) in [5.41, 5.74) is 0.358. The van der Waals surface area contributed by atoms with Gasteiger partial charge in [-0.2, -0.15) is 0 Å². The summed E-state index contributed by atoms with van der Waals surface area (Å²) in [7, 11) is 0. The molecule has 0 spiro atoms. The van der Waals surface area contributed by atoms with Crippen LogP contribution in [0.2, 0.25) is 0 Å². The number of halogens is 2. The predicted octanol–water partition coefficient (Wildman–Crippen LogP) is 3.86. The van der Waals surface area contributed by atoms with E-state index in [-0.39, 0.29) is 5.41 Å². The summed E-state index contributed by atoms with van der Waals surface area (Å²) in [6.07, 6.45) is -1.71. The standard InChI is InChI=1S/C16H23F2NO2/c1-16(2,3)10-9-12(15(20)21)19-13(14(17)18)11-7-5-4-6-8-11/h4-8,12-14,19H,9-10H2,1-3H3,(H,20,21)/t12-,13+/m0/s1. The Labute approximate surface area is 124 Å². The van der Waals surface area contributed by atoms with E-state index < -0.39 is 24.5 Å². The van der Waals surface area contributed by atoms with Gasteiger partial charge in [-0.15, -0.1) is 0 Å². The molecule has 0 unspecified atom stereocenters. The number of aliphatic carboxylic acids is 1. The molecule has 0 saturated heterocycles. The number of carbonyl (C=O) groups is 1. The van der Waals surface area contributed by atoms with Crippen molar-refractivity contribution in [2.45, 2.75) is 52.1 Å². The maximum Gasteiger partial charge on any atom is 0.320 e. The molecule has 1 rings (SSSR count). The van der Waals surface area contributed by atoms with Gasteiger partial charge in [0.1, 0.15) is 6.04 Å². The van der Waals surface area contributed by atoms with Crippen molar-refractivity contribution in [3.63, 3.8) is 0 Å². The summed E-state index contributed by atoms with van der Waals surface area (Å²) in [6, 6.07) is 5.96. The third-order valence-corrected chi connectivity index (χ3v) is 3.27. The van der Waals surface area contributed by atoms with Crippen LogP contribution in [-0.2, 0) is 4.79 Å². The van der Waals surface area contributed by atoms with Crippen LogP contribution in [0.1, 0.15) is 45.2 Å². The minimum Gasteiger partial charge on any atom is -0.480 e. The summed E-state index contributed by atoms with van der Waals surface area (Å²) in [5.74, 6) is -1.10. The van der Waals surface area contributed by atoms with Gasteiger partial charge in [-0.25, -0.2) is 8.78 Å². The molecular formula is C16H23F2NO2. The highest BCUT2D eigenvalue weighted by molar-refractivity contribution is 5.73. The summed E-state index contributed by atoms with van der Waals surface area (Å²) in [5, 5.41) is 11.8. The molecule has 0 amide bonds. The fraction of sp³-hybridized carbons (Fsp3) is 0.562. The lowest BCUT2D eigenvalue weighted by Crippen LogP contribution is -2.42. The number of nitrogens with one attached hydrogen (secondary N) is 1. The second-order valence-corrected chi connectivity index (χ2v) is 6.38. The van der Waals surface area contributed by atoms with E-state index >= 15 is 0 Å². The zero-order valence-corrected chi connectivity index (χ0v) is 12.6. The van der Waals surface area contributed by atoms with Crippen LogP contribution >= 0.6 is 0 Å². The van der Waals surface area contributed by atoms with Crippen LogP contribution < -0.4 is 5.32 Å². The maximum atomic E-state index is 13.2. The van der Waals surface area contributed by atoms with Crippen LogP contribution in [0.15, 0.2) is 30.3 Å². The molecule has 0 aromatic heterocycles. The number of alkyl halides is 2. The van der Waals surface area contributed by atoms with E-state index in [1.54, 1.807) is 30.3 Å². The third kappa shape index (κ3) is 6.21. The number of carboxylic acid groups (broad SMARTS) is 1. The number of hydrogen-bond donors (Lipinski definition) is 2. The monoisotopic (exact) mass is 299 g/mol. The van der Waals surface area contributed by atoms with Gasteiger partial charge in [0, 0.05) is 0 Å². The Bertz CT molecular complexity index is 443. The number of carboxylic acids is 1. The summed E-state index contributed by atoms with van der Waals surface area (Å²) in [6.45, 7) is 5.98. The van der Waals surface area contributed by atoms with Crippen molar-refractivity contribution in [1.29, 1.82) is 0 Å². The van der Waals surface area contributed by atoms with Crippen LogP contribution in [0.25, 0.3) is 0 Å². The number of hydrogen-bond acceptors (Lipinski definition) is 2. The van der Waals surface area contributed by atoms with Crippen molar-refractivity contribution >= 4 is 5.97 Å². The van der Waals surface area contributed by atoms with Crippen LogP contribution in [0.4, 0.5) is 8.78 Å². The van der Waals surface area contributed by atoms with Gasteiger partial charge in [-0.3, -0.25) is 10.1 Å². The molecule has 0 bridgehead atoms. The Hall–Kier alpha value is -1.49. The van der Waals surface area contributed by atoms with E-state index in [0.717, 1.165) is 0 Å². The van der Waals surface area contributed by atoms with Gasteiger partial charge in [0.15, 0.2) is 0 Å². The second kappa shape index (κ2) is 7.50. The van der Waals surface area contributed by atoms with E-state index in [4.69, 9.17) is 0 Å². The van der Waals surface area contributed by atoms with Crippen molar-refractivity contribution in [2.75, 3.05) is 0 Å². The van der Waals surface area contributed by atoms with Crippen molar-refractivity contribution < 1.29 is 18.7 Å². The fourth-order valence-electron chi connectivity index (χ4n) is 2.05. The van der Waals surface area contributed by atoms with Crippen molar-refractivity contribution in [3.05, 3.63) is 35.9 Å². The van der Waals surface area contributed by atoms with Crippen molar-refractivity contribution in [2.24, 2.45) is 5.41 Å². The fourth-order valence-corrected chi connectivity index (χ4v) is 2.05. The van der Waals surface area contributed by atoms with E-state index in [1.165, 1.54) is 0 Å². The van der Waals surface area contributed by atoms with Gasteiger partial charge in [0.25, 0.3) is 6.43 Å². The molecule has 3 nitrogen and oxygen atoms in total. The summed E-state index contributed by atoms with van der Waals surface area (Å²) < 4.78 is 26.5. The van der Waals surface area contributed by atoms with E-state index in [0.29, 0.717) is 18.4 Å². The van der Waals surface area contributed by atoms with E-state index in [9.17, 15) is 18.7 Å². The number of rotatable bonds is 7. The molecule has 0 aliphatic rings. The Morgan fingerprint density at radius 3 is 2.24 bits per heavy atom. The normalized spacial score (nSPS) is 15.0. The first-order valence-electron chi connectivity index (χ1n) is 7.02. The Kier molecular flexibility index (Phi) is 6.27. The van der Waals surface area contributed by atoms with Gasteiger partial charge in [0.2, 0.25) is 0 Å². The highest BCUT2D eigenvalue weighted by Crippen LogP contribution is 2.25. The molecule has 2 atom stereocenters. The second-order valence-electron chi connectivity index (χ2n) is 6.38.